The molecule has 12 rings (SSSR count). The summed E-state index contributed by atoms with van der Waals surface area (Å²) in [6.07, 6.45) is 0. The number of hydrogen-bond donors (Lipinski definition) is 0. The van der Waals surface area contributed by atoms with Crippen LogP contribution < -0.4 is 4.90 Å². The van der Waals surface area contributed by atoms with Crippen LogP contribution in [0, 0.1) is 0 Å². The lowest BCUT2D eigenvalue weighted by molar-refractivity contribution is 0.660. The Hall–Kier alpha value is -7.22. The molecule has 3 aliphatic rings. The van der Waals surface area contributed by atoms with E-state index in [9.17, 15) is 0 Å². The maximum atomic E-state index is 2.54. The maximum absolute atomic E-state index is 2.54. The molecule has 0 aromatic heterocycles. The summed E-state index contributed by atoms with van der Waals surface area (Å²) in [5.74, 6) is 0. The van der Waals surface area contributed by atoms with Gasteiger partial charge in [0.05, 0.1) is 5.41 Å². The lowest BCUT2D eigenvalue weighted by Gasteiger charge is -2.35. The van der Waals surface area contributed by atoms with Gasteiger partial charge in [-0.05, 0) is 125 Å². The van der Waals surface area contributed by atoms with Gasteiger partial charge in [-0.15, -0.1) is 0 Å². The van der Waals surface area contributed by atoms with Crippen molar-refractivity contribution in [2.75, 3.05) is 4.90 Å². The first-order valence-electron chi connectivity index (χ1n) is 22.0. The number of benzene rings is 9. The monoisotopic (exact) mass is 793 g/mol. The van der Waals surface area contributed by atoms with E-state index in [1.807, 2.05) is 0 Å². The Morgan fingerprint density at radius 1 is 0.290 bits per heavy atom. The van der Waals surface area contributed by atoms with Crippen molar-refractivity contribution < 1.29 is 0 Å². The molecule has 0 amide bonds. The molecule has 0 bridgehead atoms. The van der Waals surface area contributed by atoms with Crippen molar-refractivity contribution in [1.82, 2.24) is 0 Å². The summed E-state index contributed by atoms with van der Waals surface area (Å²) in [6.45, 7) is 9.55. The van der Waals surface area contributed by atoms with Crippen molar-refractivity contribution in [3.63, 3.8) is 0 Å². The van der Waals surface area contributed by atoms with Gasteiger partial charge < -0.3 is 4.90 Å². The van der Waals surface area contributed by atoms with Gasteiger partial charge in [-0.3, -0.25) is 0 Å². The molecule has 1 nitrogen and oxygen atoms in total. The molecule has 3 aliphatic carbocycles. The third-order valence-electron chi connectivity index (χ3n) is 14.5. The Morgan fingerprint density at radius 3 is 1.40 bits per heavy atom. The molecule has 1 heteroatoms. The van der Waals surface area contributed by atoms with Crippen LogP contribution in [0.3, 0.4) is 0 Å². The standard InChI is InChI=1S/C61H47N/c1-59(2)53-30-15-11-26-46(53)50-35-34-44(39-57(50)59)62(45-37-51(40-20-7-5-8-21-40)58-52(38-45)49-29-12-16-31-54(49)60(58,3)4)43-25-19-24-42(36-43)61(41-22-9-6-10-23-41)55-32-17-13-27-47(55)48-28-14-18-33-56(48)61/h5-39H,1-4H3. The second kappa shape index (κ2) is 13.4. The van der Waals surface area contributed by atoms with Gasteiger partial charge in [0.25, 0.3) is 0 Å². The molecule has 9 aromatic rings. The largest absolute Gasteiger partial charge is 0.310 e. The molecule has 0 spiro atoms. The van der Waals surface area contributed by atoms with Crippen LogP contribution >= 0.6 is 0 Å². The van der Waals surface area contributed by atoms with E-state index >= 15 is 0 Å². The predicted octanol–water partition coefficient (Wildman–Crippen LogP) is 15.8. The molecule has 0 aliphatic heterocycles. The summed E-state index contributed by atoms with van der Waals surface area (Å²) in [7, 11) is 0. The minimum absolute atomic E-state index is 0.153. The molecule has 0 unspecified atom stereocenters. The first-order chi connectivity index (χ1) is 30.3. The maximum Gasteiger partial charge on any atom is 0.0714 e. The van der Waals surface area contributed by atoms with Gasteiger partial charge in [0.2, 0.25) is 0 Å². The van der Waals surface area contributed by atoms with Gasteiger partial charge in [0.1, 0.15) is 0 Å². The van der Waals surface area contributed by atoms with E-state index in [1.165, 1.54) is 89.0 Å². The van der Waals surface area contributed by atoms with Crippen molar-refractivity contribution in [2.24, 2.45) is 0 Å². The van der Waals surface area contributed by atoms with Crippen LogP contribution in [0.25, 0.3) is 44.5 Å². The Bertz CT molecular complexity index is 3200. The summed E-state index contributed by atoms with van der Waals surface area (Å²) in [5, 5.41) is 0. The van der Waals surface area contributed by atoms with Crippen LogP contribution in [-0.2, 0) is 16.2 Å². The highest BCUT2D eigenvalue weighted by Crippen LogP contribution is 2.58. The highest BCUT2D eigenvalue weighted by molar-refractivity contribution is 5.95. The predicted molar refractivity (Wildman–Crippen MR) is 259 cm³/mol. The zero-order chi connectivity index (χ0) is 41.8. The molecule has 0 saturated heterocycles. The molecule has 0 heterocycles. The van der Waals surface area contributed by atoms with Gasteiger partial charge in [-0.1, -0.05) is 204 Å². The van der Waals surface area contributed by atoms with E-state index in [2.05, 4.69) is 245 Å². The normalized spacial score (nSPS) is 15.2. The van der Waals surface area contributed by atoms with Crippen molar-refractivity contribution in [3.05, 3.63) is 257 Å². The fourth-order valence-electron chi connectivity index (χ4n) is 11.8. The fourth-order valence-corrected chi connectivity index (χ4v) is 11.8. The first kappa shape index (κ1) is 36.6. The average Bonchev–Trinajstić information content (AvgIpc) is 3.84. The SMILES string of the molecule is CC1(C)c2ccccc2-c2ccc(N(c3cccc(C4(c5ccccc5)c5ccccc5-c5ccccc54)c3)c3cc(-c4ccccc4)c4c(c3)-c3ccccc3C4(C)C)cc21. The highest BCUT2D eigenvalue weighted by Gasteiger charge is 2.46. The number of nitrogens with zero attached hydrogens (tertiary/aromatic N) is 1. The van der Waals surface area contributed by atoms with E-state index in [0.717, 1.165) is 17.1 Å². The number of hydrogen-bond acceptors (Lipinski definition) is 1. The Morgan fingerprint density at radius 2 is 0.758 bits per heavy atom. The zero-order valence-electron chi connectivity index (χ0n) is 35.7. The third kappa shape index (κ3) is 5.03. The Kier molecular flexibility index (Phi) is 7.91. The molecule has 0 saturated carbocycles. The Labute approximate surface area is 365 Å². The molecular weight excluding hydrogens is 747 g/mol. The average molecular weight is 794 g/mol. The van der Waals surface area contributed by atoms with Gasteiger partial charge >= 0.3 is 0 Å². The van der Waals surface area contributed by atoms with Crippen LogP contribution in [-0.4, -0.2) is 0 Å². The van der Waals surface area contributed by atoms with Gasteiger partial charge in [-0.25, -0.2) is 0 Å². The topological polar surface area (TPSA) is 3.24 Å². The molecule has 62 heavy (non-hydrogen) atoms. The third-order valence-corrected chi connectivity index (χ3v) is 14.5. The van der Waals surface area contributed by atoms with Crippen molar-refractivity contribution in [1.29, 1.82) is 0 Å². The van der Waals surface area contributed by atoms with Crippen molar-refractivity contribution in [3.8, 4) is 44.5 Å². The smallest absolute Gasteiger partial charge is 0.0714 e. The Balaban J connectivity index is 1.15. The summed E-state index contributed by atoms with van der Waals surface area (Å²) in [5.41, 5.74) is 23.6. The summed E-state index contributed by atoms with van der Waals surface area (Å²) >= 11 is 0. The van der Waals surface area contributed by atoms with E-state index in [-0.39, 0.29) is 10.8 Å². The number of anilines is 3. The van der Waals surface area contributed by atoms with Gasteiger partial charge in [0, 0.05) is 27.9 Å². The molecule has 0 N–H and O–H groups in total. The van der Waals surface area contributed by atoms with Crippen LogP contribution in [0.5, 0.6) is 0 Å². The summed E-state index contributed by atoms with van der Waals surface area (Å²) < 4.78 is 0. The summed E-state index contributed by atoms with van der Waals surface area (Å²) in [4.78, 5) is 2.54. The molecule has 0 radical (unpaired) electrons. The fraction of sp³-hybridized carbons (Fsp3) is 0.115. The molecule has 296 valence electrons. The number of rotatable bonds is 6. The van der Waals surface area contributed by atoms with Crippen molar-refractivity contribution >= 4 is 17.1 Å². The molecular formula is C61H47N. The molecule has 9 aromatic carbocycles. The van der Waals surface area contributed by atoms with Gasteiger partial charge in [0.15, 0.2) is 0 Å². The van der Waals surface area contributed by atoms with Gasteiger partial charge in [-0.2, -0.15) is 0 Å². The quantitative estimate of drug-likeness (QED) is 0.162. The molecule has 0 atom stereocenters. The van der Waals surface area contributed by atoms with Crippen LogP contribution in [0.15, 0.2) is 212 Å². The van der Waals surface area contributed by atoms with Crippen LogP contribution in [0.2, 0.25) is 0 Å². The van der Waals surface area contributed by atoms with E-state index in [1.54, 1.807) is 0 Å². The first-order valence-corrected chi connectivity index (χ1v) is 22.0. The minimum Gasteiger partial charge on any atom is -0.310 e. The lowest BCUT2D eigenvalue weighted by Crippen LogP contribution is -2.28. The zero-order valence-corrected chi connectivity index (χ0v) is 35.7. The lowest BCUT2D eigenvalue weighted by atomic mass is 9.67. The van der Waals surface area contributed by atoms with E-state index in [4.69, 9.17) is 0 Å². The van der Waals surface area contributed by atoms with E-state index < -0.39 is 5.41 Å². The number of fused-ring (bicyclic) bond motifs is 9. The van der Waals surface area contributed by atoms with E-state index in [0.29, 0.717) is 0 Å². The van der Waals surface area contributed by atoms with Crippen molar-refractivity contribution in [2.45, 2.75) is 43.9 Å². The van der Waals surface area contributed by atoms with Crippen LogP contribution in [0.1, 0.15) is 72.2 Å². The van der Waals surface area contributed by atoms with Crippen LogP contribution in [0.4, 0.5) is 17.1 Å². The minimum atomic E-state index is -0.520. The second-order valence-corrected chi connectivity index (χ2v) is 18.4. The summed E-state index contributed by atoms with van der Waals surface area (Å²) in [6, 6.07) is 79.8. The highest BCUT2D eigenvalue weighted by atomic mass is 15.1. The second-order valence-electron chi connectivity index (χ2n) is 18.4. The molecule has 0 fully saturated rings.